The molecule has 4 nitrogen and oxygen atoms in total. The van der Waals surface area contributed by atoms with E-state index in [2.05, 4.69) is 5.32 Å². The van der Waals surface area contributed by atoms with Crippen molar-refractivity contribution in [1.29, 1.82) is 5.26 Å². The minimum atomic E-state index is -0.111. The summed E-state index contributed by atoms with van der Waals surface area (Å²) in [6.07, 6.45) is 0.909. The molecule has 19 heavy (non-hydrogen) atoms. The number of hydrogen-bond donors (Lipinski definition) is 2. The van der Waals surface area contributed by atoms with Gasteiger partial charge in [-0.1, -0.05) is 18.5 Å². The van der Waals surface area contributed by atoms with Crippen LogP contribution in [-0.4, -0.2) is 17.9 Å². The van der Waals surface area contributed by atoms with Crippen molar-refractivity contribution in [3.05, 3.63) is 28.3 Å². The van der Waals surface area contributed by atoms with Crippen LogP contribution in [-0.2, 0) is 0 Å². The van der Waals surface area contributed by atoms with Crippen LogP contribution in [0.5, 0.6) is 0 Å². The third-order valence-electron chi connectivity index (χ3n) is 3.18. The lowest BCUT2D eigenvalue weighted by atomic mass is 10.0. The third-order valence-corrected chi connectivity index (χ3v) is 3.50. The van der Waals surface area contributed by atoms with Gasteiger partial charge in [-0.3, -0.25) is 4.79 Å². The van der Waals surface area contributed by atoms with Crippen molar-refractivity contribution < 1.29 is 4.79 Å². The highest BCUT2D eigenvalue weighted by Gasteiger charge is 2.17. The van der Waals surface area contributed by atoms with Crippen LogP contribution in [0.3, 0.4) is 0 Å². The van der Waals surface area contributed by atoms with Gasteiger partial charge in [0.05, 0.1) is 22.8 Å². The molecule has 0 amide bonds. The van der Waals surface area contributed by atoms with Gasteiger partial charge in [0.25, 0.3) is 0 Å². The number of hydrogen-bond acceptors (Lipinski definition) is 4. The fraction of sp³-hybridized carbons (Fsp3) is 0.429. The Kier molecular flexibility index (Phi) is 4.93. The van der Waals surface area contributed by atoms with E-state index in [-0.39, 0.29) is 34.1 Å². The Morgan fingerprint density at radius 3 is 2.68 bits per heavy atom. The maximum Gasteiger partial charge on any atom is 0.176 e. The number of nitrogens with one attached hydrogen (secondary N) is 1. The van der Waals surface area contributed by atoms with E-state index in [0.29, 0.717) is 5.56 Å². The molecule has 3 N–H and O–H groups in total. The minimum absolute atomic E-state index is 0.106. The molecule has 1 aromatic rings. The highest BCUT2D eigenvalue weighted by Crippen LogP contribution is 2.24. The highest BCUT2D eigenvalue weighted by atomic mass is 35.5. The van der Waals surface area contributed by atoms with Crippen molar-refractivity contribution in [2.45, 2.75) is 32.7 Å². The molecule has 5 heteroatoms. The van der Waals surface area contributed by atoms with E-state index in [1.165, 1.54) is 12.1 Å². The molecule has 0 atom stereocenters. The Morgan fingerprint density at radius 2 is 2.16 bits per heavy atom. The molecular formula is C14H18ClN3O. The van der Waals surface area contributed by atoms with Gasteiger partial charge in [0.1, 0.15) is 6.07 Å². The zero-order valence-corrected chi connectivity index (χ0v) is 12.1. The predicted octanol–water partition coefficient (Wildman–Crippen LogP) is 2.75. The quantitative estimate of drug-likeness (QED) is 0.642. The number of Topliss-reactive ketones (excluding diaryl/α,β-unsaturated/α-hetero) is 1. The van der Waals surface area contributed by atoms with Gasteiger partial charge in [-0.05, 0) is 32.4 Å². The van der Waals surface area contributed by atoms with Gasteiger partial charge in [-0.15, -0.1) is 0 Å². The van der Waals surface area contributed by atoms with Gasteiger partial charge in [-0.25, -0.2) is 0 Å². The molecule has 0 spiro atoms. The molecule has 0 aromatic heterocycles. The van der Waals surface area contributed by atoms with Crippen LogP contribution in [0, 0.1) is 11.3 Å². The lowest BCUT2D eigenvalue weighted by Gasteiger charge is -2.24. The summed E-state index contributed by atoms with van der Waals surface area (Å²) in [6.45, 7) is 6.30. The number of nitrogen functional groups attached to an aromatic ring is 1. The number of nitrogens with zero attached hydrogens (tertiary/aromatic N) is 1. The Balaban J connectivity index is 2.90. The van der Waals surface area contributed by atoms with E-state index < -0.39 is 0 Å². The van der Waals surface area contributed by atoms with E-state index in [1.54, 1.807) is 0 Å². The number of nitriles is 1. The first-order chi connectivity index (χ1) is 8.80. The Labute approximate surface area is 118 Å². The summed E-state index contributed by atoms with van der Waals surface area (Å²) in [6, 6.07) is 4.91. The first kappa shape index (κ1) is 15.5. The maximum absolute atomic E-state index is 12.1. The van der Waals surface area contributed by atoms with E-state index >= 15 is 0 Å². The standard InChI is InChI=1S/C14H18ClN3O/c1-4-14(2,3)18-8-12(19)9-5-10(7-16)13(17)11(15)6-9/h5-6,18H,4,8,17H2,1-3H3. The van der Waals surface area contributed by atoms with Crippen LogP contribution in [0.2, 0.25) is 5.02 Å². The number of ketones is 1. The molecule has 1 aromatic carbocycles. The zero-order valence-electron chi connectivity index (χ0n) is 11.4. The van der Waals surface area contributed by atoms with Gasteiger partial charge < -0.3 is 11.1 Å². The molecule has 0 saturated heterocycles. The largest absolute Gasteiger partial charge is 0.396 e. The number of rotatable bonds is 5. The molecule has 0 heterocycles. The highest BCUT2D eigenvalue weighted by molar-refractivity contribution is 6.33. The van der Waals surface area contributed by atoms with Crippen molar-refractivity contribution in [3.8, 4) is 6.07 Å². The number of halogens is 1. The normalized spacial score (nSPS) is 11.1. The third kappa shape index (κ3) is 3.95. The van der Waals surface area contributed by atoms with E-state index in [0.717, 1.165) is 6.42 Å². The molecule has 0 aliphatic carbocycles. The lowest BCUT2D eigenvalue weighted by molar-refractivity contribution is 0.0980. The fourth-order valence-corrected chi connectivity index (χ4v) is 1.64. The molecule has 0 unspecified atom stereocenters. The van der Waals surface area contributed by atoms with Gasteiger partial charge in [0, 0.05) is 11.1 Å². The van der Waals surface area contributed by atoms with Crippen LogP contribution in [0.25, 0.3) is 0 Å². The van der Waals surface area contributed by atoms with Gasteiger partial charge >= 0.3 is 0 Å². The first-order valence-electron chi connectivity index (χ1n) is 6.08. The van der Waals surface area contributed by atoms with E-state index in [1.807, 2.05) is 26.8 Å². The van der Waals surface area contributed by atoms with Gasteiger partial charge in [0.15, 0.2) is 5.78 Å². The smallest absolute Gasteiger partial charge is 0.176 e. The van der Waals surface area contributed by atoms with E-state index in [9.17, 15) is 4.79 Å². The summed E-state index contributed by atoms with van der Waals surface area (Å²) < 4.78 is 0. The Hall–Kier alpha value is -1.57. The van der Waals surface area contributed by atoms with Crippen LogP contribution >= 0.6 is 11.6 Å². The predicted molar refractivity (Wildman–Crippen MR) is 77.3 cm³/mol. The topological polar surface area (TPSA) is 78.9 Å². The molecule has 0 saturated carbocycles. The molecule has 0 bridgehead atoms. The number of anilines is 1. The van der Waals surface area contributed by atoms with Crippen molar-refractivity contribution in [2.75, 3.05) is 12.3 Å². The molecule has 102 valence electrons. The number of benzene rings is 1. The van der Waals surface area contributed by atoms with Crippen LogP contribution < -0.4 is 11.1 Å². The zero-order chi connectivity index (χ0) is 14.6. The van der Waals surface area contributed by atoms with Crippen LogP contribution in [0.1, 0.15) is 43.1 Å². The van der Waals surface area contributed by atoms with Gasteiger partial charge in [-0.2, -0.15) is 5.26 Å². The Bertz CT molecular complexity index is 532. The minimum Gasteiger partial charge on any atom is -0.396 e. The Morgan fingerprint density at radius 1 is 1.53 bits per heavy atom. The van der Waals surface area contributed by atoms with Crippen molar-refractivity contribution in [3.63, 3.8) is 0 Å². The summed E-state index contributed by atoms with van der Waals surface area (Å²) in [5.74, 6) is -0.111. The maximum atomic E-state index is 12.1. The number of nitrogens with two attached hydrogens (primary N) is 1. The molecule has 1 rings (SSSR count). The van der Waals surface area contributed by atoms with Gasteiger partial charge in [0.2, 0.25) is 0 Å². The molecule has 0 aliphatic rings. The van der Waals surface area contributed by atoms with Crippen molar-refractivity contribution in [1.82, 2.24) is 5.32 Å². The average Bonchev–Trinajstić information content (AvgIpc) is 2.39. The molecule has 0 aliphatic heterocycles. The molecule has 0 fully saturated rings. The fourth-order valence-electron chi connectivity index (χ4n) is 1.42. The summed E-state index contributed by atoms with van der Waals surface area (Å²) in [4.78, 5) is 12.1. The van der Waals surface area contributed by atoms with Crippen LogP contribution in [0.4, 0.5) is 5.69 Å². The summed E-state index contributed by atoms with van der Waals surface area (Å²) in [7, 11) is 0. The summed E-state index contributed by atoms with van der Waals surface area (Å²) in [5.41, 5.74) is 6.38. The number of carbonyl (C=O) groups excluding carboxylic acids is 1. The SMILES string of the molecule is CCC(C)(C)NCC(=O)c1cc(Cl)c(N)c(C#N)c1. The second-order valence-corrected chi connectivity index (χ2v) is 5.45. The van der Waals surface area contributed by atoms with E-state index in [4.69, 9.17) is 22.6 Å². The van der Waals surface area contributed by atoms with Crippen molar-refractivity contribution in [2.24, 2.45) is 0 Å². The number of carbonyl (C=O) groups is 1. The summed E-state index contributed by atoms with van der Waals surface area (Å²) in [5, 5.41) is 12.3. The first-order valence-corrected chi connectivity index (χ1v) is 6.46. The van der Waals surface area contributed by atoms with Crippen molar-refractivity contribution >= 4 is 23.1 Å². The monoisotopic (exact) mass is 279 g/mol. The lowest BCUT2D eigenvalue weighted by Crippen LogP contribution is -2.41. The average molecular weight is 280 g/mol. The molecule has 0 radical (unpaired) electrons. The second-order valence-electron chi connectivity index (χ2n) is 5.05. The second kappa shape index (κ2) is 6.05. The molecular weight excluding hydrogens is 262 g/mol. The van der Waals surface area contributed by atoms with Crippen LogP contribution in [0.15, 0.2) is 12.1 Å². The summed E-state index contributed by atoms with van der Waals surface area (Å²) >= 11 is 5.91.